The number of carbonyl (C=O) groups excluding carboxylic acids is 1. The van der Waals surface area contributed by atoms with Crippen LogP contribution in [-0.2, 0) is 22.5 Å². The molecule has 6 heteroatoms. The molecule has 32 heavy (non-hydrogen) atoms. The molecule has 2 N–H and O–H groups in total. The molecule has 4 heterocycles. The van der Waals surface area contributed by atoms with Crippen LogP contribution in [0.5, 0.6) is 0 Å². The Bertz CT molecular complexity index is 1200. The van der Waals surface area contributed by atoms with E-state index in [0.29, 0.717) is 12.6 Å². The second kappa shape index (κ2) is 7.42. The van der Waals surface area contributed by atoms with Crippen molar-refractivity contribution in [2.75, 3.05) is 20.2 Å². The highest BCUT2D eigenvalue weighted by atomic mass is 16.5. The fourth-order valence-corrected chi connectivity index (χ4v) is 5.50. The predicted molar refractivity (Wildman–Crippen MR) is 124 cm³/mol. The molecular formula is C26H30N4O2. The summed E-state index contributed by atoms with van der Waals surface area (Å²) in [5, 5.41) is 4.86. The van der Waals surface area contributed by atoms with Crippen LogP contribution < -0.4 is 5.32 Å². The fourth-order valence-electron chi connectivity index (χ4n) is 5.50. The van der Waals surface area contributed by atoms with E-state index in [1.165, 1.54) is 39.6 Å². The summed E-state index contributed by atoms with van der Waals surface area (Å²) < 4.78 is 5.58. The van der Waals surface area contributed by atoms with Crippen LogP contribution >= 0.6 is 0 Å². The number of H-pyrrole nitrogens is 1. The van der Waals surface area contributed by atoms with E-state index in [1.807, 2.05) is 17.3 Å². The molecule has 3 aromatic rings. The van der Waals surface area contributed by atoms with Crippen LogP contribution in [0.4, 0.5) is 0 Å². The molecule has 1 saturated heterocycles. The van der Waals surface area contributed by atoms with E-state index in [0.717, 1.165) is 50.0 Å². The number of hydrogen-bond acceptors (Lipinski definition) is 4. The molecule has 0 spiro atoms. The Hall–Kier alpha value is -2.70. The van der Waals surface area contributed by atoms with E-state index in [-0.39, 0.29) is 5.91 Å². The van der Waals surface area contributed by atoms with Gasteiger partial charge in [0.1, 0.15) is 11.2 Å². The first-order valence-electron chi connectivity index (χ1n) is 11.8. The summed E-state index contributed by atoms with van der Waals surface area (Å²) in [5.41, 5.74) is 8.00. The first kappa shape index (κ1) is 19.9. The van der Waals surface area contributed by atoms with E-state index < -0.39 is 5.60 Å². The third kappa shape index (κ3) is 3.16. The van der Waals surface area contributed by atoms with Crippen molar-refractivity contribution in [2.45, 2.75) is 57.2 Å². The maximum absolute atomic E-state index is 13.1. The highest BCUT2D eigenvalue weighted by Crippen LogP contribution is 2.42. The van der Waals surface area contributed by atoms with Gasteiger partial charge in [0.2, 0.25) is 0 Å². The number of amides is 1. The standard InChI is InChI=1S/C26H30N4O2/c1-16-13-28-24-20(16)12-19(14-29-24)18-10-17-5-9-30(25(31)26(32-2)6-7-26)15-22(17)21(11-18)23-4-3-8-27-23/h10-14,23,27H,3-9,15H2,1-2H3,(H,28,29). The molecule has 1 aliphatic carbocycles. The summed E-state index contributed by atoms with van der Waals surface area (Å²) in [7, 11) is 1.67. The summed E-state index contributed by atoms with van der Waals surface area (Å²) in [6.07, 6.45) is 8.88. The number of nitrogens with zero attached hydrogens (tertiary/aromatic N) is 2. The van der Waals surface area contributed by atoms with Crippen molar-refractivity contribution in [3.63, 3.8) is 0 Å². The third-order valence-corrected chi connectivity index (χ3v) is 7.66. The Morgan fingerprint density at radius 2 is 2.12 bits per heavy atom. The van der Waals surface area contributed by atoms with Crippen molar-refractivity contribution in [1.82, 2.24) is 20.2 Å². The minimum absolute atomic E-state index is 0.164. The van der Waals surface area contributed by atoms with Gasteiger partial charge >= 0.3 is 0 Å². The number of pyridine rings is 1. The Morgan fingerprint density at radius 3 is 2.88 bits per heavy atom. The Labute approximate surface area is 188 Å². The number of aromatic amines is 1. The van der Waals surface area contributed by atoms with Gasteiger partial charge in [-0.3, -0.25) is 4.79 Å². The zero-order valence-electron chi connectivity index (χ0n) is 18.8. The monoisotopic (exact) mass is 430 g/mol. The zero-order valence-corrected chi connectivity index (χ0v) is 18.8. The maximum atomic E-state index is 13.1. The molecule has 1 unspecified atom stereocenters. The Balaban J connectivity index is 1.41. The minimum atomic E-state index is -0.557. The van der Waals surface area contributed by atoms with E-state index >= 15 is 0 Å². The van der Waals surface area contributed by atoms with Gasteiger partial charge in [0.05, 0.1) is 0 Å². The summed E-state index contributed by atoms with van der Waals surface area (Å²) in [4.78, 5) is 23.1. The quantitative estimate of drug-likeness (QED) is 0.656. The summed E-state index contributed by atoms with van der Waals surface area (Å²) in [5.74, 6) is 0.164. The van der Waals surface area contributed by atoms with Gasteiger partial charge in [-0.1, -0.05) is 6.07 Å². The number of nitrogens with one attached hydrogen (secondary N) is 2. The first-order valence-corrected chi connectivity index (χ1v) is 11.8. The van der Waals surface area contributed by atoms with Gasteiger partial charge in [-0.25, -0.2) is 4.98 Å². The highest BCUT2D eigenvalue weighted by Gasteiger charge is 2.52. The molecule has 3 aliphatic rings. The number of rotatable bonds is 4. The van der Waals surface area contributed by atoms with Gasteiger partial charge in [0.25, 0.3) is 5.91 Å². The molecular weight excluding hydrogens is 400 g/mol. The molecule has 1 amide bonds. The summed E-state index contributed by atoms with van der Waals surface area (Å²) >= 11 is 0. The van der Waals surface area contributed by atoms with Gasteiger partial charge in [-0.15, -0.1) is 0 Å². The van der Waals surface area contributed by atoms with Gasteiger partial charge in [0.15, 0.2) is 0 Å². The average Bonchev–Trinajstić information content (AvgIpc) is 3.26. The number of fused-ring (bicyclic) bond motifs is 2. The Kier molecular flexibility index (Phi) is 4.63. The van der Waals surface area contributed by atoms with Crippen molar-refractivity contribution in [2.24, 2.45) is 0 Å². The molecule has 0 bridgehead atoms. The lowest BCUT2D eigenvalue weighted by Crippen LogP contribution is -2.44. The topological polar surface area (TPSA) is 70.2 Å². The van der Waals surface area contributed by atoms with Gasteiger partial charge in [0, 0.05) is 49.6 Å². The normalized spacial score (nSPS) is 21.7. The molecule has 1 atom stereocenters. The number of aromatic nitrogens is 2. The van der Waals surface area contributed by atoms with Crippen molar-refractivity contribution in [1.29, 1.82) is 0 Å². The number of hydrogen-bond donors (Lipinski definition) is 2. The van der Waals surface area contributed by atoms with Crippen molar-refractivity contribution in [3.05, 3.63) is 52.8 Å². The van der Waals surface area contributed by atoms with Gasteiger partial charge in [-0.05, 0) is 85.5 Å². The van der Waals surface area contributed by atoms with Gasteiger partial charge < -0.3 is 19.9 Å². The molecule has 1 aromatic carbocycles. The van der Waals surface area contributed by atoms with Crippen LogP contribution in [0.25, 0.3) is 22.2 Å². The lowest BCUT2D eigenvalue weighted by molar-refractivity contribution is -0.145. The number of aryl methyl sites for hydroxylation is 1. The maximum Gasteiger partial charge on any atom is 0.255 e. The van der Waals surface area contributed by atoms with Crippen LogP contribution in [-0.4, -0.2) is 46.6 Å². The van der Waals surface area contributed by atoms with Crippen LogP contribution in [0.1, 0.15) is 54.0 Å². The van der Waals surface area contributed by atoms with Crippen LogP contribution in [0, 0.1) is 6.92 Å². The van der Waals surface area contributed by atoms with Crippen LogP contribution in [0.2, 0.25) is 0 Å². The zero-order chi connectivity index (χ0) is 21.9. The fraction of sp³-hybridized carbons (Fsp3) is 0.462. The second-order valence-corrected chi connectivity index (χ2v) is 9.62. The third-order valence-electron chi connectivity index (χ3n) is 7.66. The van der Waals surface area contributed by atoms with E-state index in [1.54, 1.807) is 7.11 Å². The molecule has 2 aromatic heterocycles. The summed E-state index contributed by atoms with van der Waals surface area (Å²) in [6.45, 7) is 4.60. The van der Waals surface area contributed by atoms with Crippen molar-refractivity contribution in [3.8, 4) is 11.1 Å². The molecule has 2 fully saturated rings. The lowest BCUT2D eigenvalue weighted by Gasteiger charge is -2.34. The number of ether oxygens (including phenoxy) is 1. The SMILES string of the molecule is COC1(C(=O)N2CCc3cc(-c4cnc5[nH]cc(C)c5c4)cc(C4CCCN4)c3C2)CC1. The first-order chi connectivity index (χ1) is 15.6. The van der Waals surface area contributed by atoms with Crippen molar-refractivity contribution < 1.29 is 9.53 Å². The molecule has 6 nitrogen and oxygen atoms in total. The molecule has 1 saturated carbocycles. The number of carbonyl (C=O) groups is 1. The smallest absolute Gasteiger partial charge is 0.255 e. The second-order valence-electron chi connectivity index (χ2n) is 9.62. The van der Waals surface area contributed by atoms with Crippen LogP contribution in [0.3, 0.4) is 0 Å². The van der Waals surface area contributed by atoms with E-state index in [2.05, 4.69) is 40.4 Å². The van der Waals surface area contributed by atoms with Gasteiger partial charge in [-0.2, -0.15) is 0 Å². The Morgan fingerprint density at radius 1 is 1.25 bits per heavy atom. The largest absolute Gasteiger partial charge is 0.368 e. The molecule has 2 aliphatic heterocycles. The molecule has 0 radical (unpaired) electrons. The molecule has 166 valence electrons. The van der Waals surface area contributed by atoms with Crippen molar-refractivity contribution >= 4 is 16.9 Å². The van der Waals surface area contributed by atoms with E-state index in [4.69, 9.17) is 4.74 Å². The highest BCUT2D eigenvalue weighted by molar-refractivity contribution is 5.88. The average molecular weight is 431 g/mol. The van der Waals surface area contributed by atoms with E-state index in [9.17, 15) is 4.79 Å². The van der Waals surface area contributed by atoms with Crippen LogP contribution in [0.15, 0.2) is 30.6 Å². The minimum Gasteiger partial charge on any atom is -0.368 e. The molecule has 6 rings (SSSR count). The lowest BCUT2D eigenvalue weighted by atomic mass is 9.87. The predicted octanol–water partition coefficient (Wildman–Crippen LogP) is 4.03. The summed E-state index contributed by atoms with van der Waals surface area (Å²) in [6, 6.07) is 7.25. The number of benzene rings is 1. The number of methoxy groups -OCH3 is 1.